The Morgan fingerprint density at radius 2 is 2.29 bits per heavy atom. The molecule has 1 N–H and O–H groups in total. The molecule has 3 fully saturated rings. The van der Waals surface area contributed by atoms with Crippen LogP contribution in [0.1, 0.15) is 24.5 Å². The molecule has 1 aromatic heterocycles. The maximum Gasteiger partial charge on any atom is 0.119 e. The summed E-state index contributed by atoms with van der Waals surface area (Å²) in [5.74, 6) is 2.01. The van der Waals surface area contributed by atoms with Crippen molar-refractivity contribution in [3.8, 4) is 5.75 Å². The van der Waals surface area contributed by atoms with Gasteiger partial charge in [0.15, 0.2) is 0 Å². The van der Waals surface area contributed by atoms with Crippen LogP contribution in [0.5, 0.6) is 5.75 Å². The monoisotopic (exact) mass is 324 g/mol. The number of aliphatic hydroxyl groups excluding tert-OH is 1. The average molecular weight is 324 g/mol. The van der Waals surface area contributed by atoms with Gasteiger partial charge in [0, 0.05) is 24.2 Å². The number of rotatable bonds is 4. The summed E-state index contributed by atoms with van der Waals surface area (Å²) in [6.45, 7) is 6.07. The normalized spacial score (nSPS) is 30.2. The van der Waals surface area contributed by atoms with Crippen molar-refractivity contribution in [1.82, 2.24) is 9.88 Å². The molecule has 3 unspecified atom stereocenters. The van der Waals surface area contributed by atoms with Crippen LogP contribution < -0.4 is 4.74 Å². The van der Waals surface area contributed by atoms with Crippen molar-refractivity contribution < 1.29 is 9.84 Å². The van der Waals surface area contributed by atoms with Crippen LogP contribution in [0.4, 0.5) is 0 Å². The first-order valence-corrected chi connectivity index (χ1v) is 8.68. The summed E-state index contributed by atoms with van der Waals surface area (Å²) in [6.07, 6.45) is 5.62. The van der Waals surface area contributed by atoms with E-state index in [1.165, 1.54) is 6.42 Å². The maximum absolute atomic E-state index is 11.2. The number of benzene rings is 1. The van der Waals surface area contributed by atoms with Crippen LogP contribution in [-0.2, 0) is 0 Å². The molecule has 0 spiro atoms. The Hall–Kier alpha value is -1.91. The van der Waals surface area contributed by atoms with Gasteiger partial charge < -0.3 is 9.84 Å². The summed E-state index contributed by atoms with van der Waals surface area (Å²) in [7, 11) is 1.66. The Kier molecular flexibility index (Phi) is 4.02. The second-order valence-electron chi connectivity index (χ2n) is 6.97. The van der Waals surface area contributed by atoms with Gasteiger partial charge in [0.25, 0.3) is 0 Å². The molecule has 126 valence electrons. The highest BCUT2D eigenvalue weighted by Gasteiger charge is 2.42. The highest BCUT2D eigenvalue weighted by Crippen LogP contribution is 2.42. The summed E-state index contributed by atoms with van der Waals surface area (Å²) in [4.78, 5) is 6.86. The van der Waals surface area contributed by atoms with E-state index in [0.29, 0.717) is 11.8 Å². The molecule has 5 rings (SSSR count). The average Bonchev–Trinajstić information content (AvgIpc) is 2.66. The number of aliphatic hydroxyl groups is 1. The number of fused-ring (bicyclic) bond motifs is 4. The second-order valence-corrected chi connectivity index (χ2v) is 6.97. The van der Waals surface area contributed by atoms with Gasteiger partial charge >= 0.3 is 0 Å². The molecule has 24 heavy (non-hydrogen) atoms. The van der Waals surface area contributed by atoms with E-state index in [-0.39, 0.29) is 6.04 Å². The third-order valence-electron chi connectivity index (χ3n) is 5.82. The van der Waals surface area contributed by atoms with Crippen molar-refractivity contribution in [1.29, 1.82) is 0 Å². The molecule has 0 radical (unpaired) electrons. The van der Waals surface area contributed by atoms with Crippen LogP contribution >= 0.6 is 0 Å². The summed E-state index contributed by atoms with van der Waals surface area (Å²) >= 11 is 0. The fraction of sp³-hybridized carbons (Fsp3) is 0.450. The molecule has 0 aliphatic carbocycles. The van der Waals surface area contributed by atoms with Crippen LogP contribution in [-0.4, -0.2) is 41.2 Å². The predicted octanol–water partition coefficient (Wildman–Crippen LogP) is 3.17. The summed E-state index contributed by atoms with van der Waals surface area (Å²) in [5.41, 5.74) is 1.85. The molecule has 2 aromatic rings. The number of pyridine rings is 1. The summed E-state index contributed by atoms with van der Waals surface area (Å²) < 4.78 is 5.35. The number of hydrogen-bond donors (Lipinski definition) is 1. The number of nitrogens with zero attached hydrogens (tertiary/aromatic N) is 2. The quantitative estimate of drug-likeness (QED) is 0.878. The number of ether oxygens (including phenoxy) is 1. The van der Waals surface area contributed by atoms with Gasteiger partial charge in [-0.15, -0.1) is 6.58 Å². The lowest BCUT2D eigenvalue weighted by Crippen LogP contribution is -2.54. The van der Waals surface area contributed by atoms with Gasteiger partial charge in [-0.05, 0) is 61.1 Å². The Morgan fingerprint density at radius 1 is 1.42 bits per heavy atom. The van der Waals surface area contributed by atoms with Gasteiger partial charge in [0.05, 0.1) is 18.7 Å². The lowest BCUT2D eigenvalue weighted by Gasteiger charge is -2.50. The molecule has 4 heterocycles. The molecule has 3 saturated heterocycles. The Bertz CT molecular complexity index is 760. The van der Waals surface area contributed by atoms with Gasteiger partial charge in [-0.25, -0.2) is 0 Å². The summed E-state index contributed by atoms with van der Waals surface area (Å²) in [5, 5.41) is 12.1. The number of aromatic nitrogens is 1. The summed E-state index contributed by atoms with van der Waals surface area (Å²) in [6, 6.07) is 7.96. The molecular formula is C20H24N2O2. The second kappa shape index (κ2) is 6.19. The zero-order valence-electron chi connectivity index (χ0n) is 14.1. The lowest BCUT2D eigenvalue weighted by atomic mass is 9.73. The molecule has 0 saturated carbocycles. The first-order valence-electron chi connectivity index (χ1n) is 8.68. The van der Waals surface area contributed by atoms with Gasteiger partial charge in [-0.2, -0.15) is 0 Å². The van der Waals surface area contributed by atoms with E-state index in [2.05, 4.69) is 22.5 Å². The number of hydrogen-bond acceptors (Lipinski definition) is 4. The largest absolute Gasteiger partial charge is 0.497 e. The van der Waals surface area contributed by atoms with Crippen LogP contribution in [0, 0.1) is 11.8 Å². The molecule has 4 nitrogen and oxygen atoms in total. The third-order valence-corrected chi connectivity index (χ3v) is 5.82. The Balaban J connectivity index is 1.69. The zero-order valence-corrected chi connectivity index (χ0v) is 14.1. The van der Waals surface area contributed by atoms with Gasteiger partial charge in [0.2, 0.25) is 0 Å². The van der Waals surface area contributed by atoms with Crippen molar-refractivity contribution in [2.24, 2.45) is 11.8 Å². The van der Waals surface area contributed by atoms with E-state index in [1.807, 2.05) is 24.3 Å². The third kappa shape index (κ3) is 2.50. The predicted molar refractivity (Wildman–Crippen MR) is 95.0 cm³/mol. The molecule has 4 heteroatoms. The van der Waals surface area contributed by atoms with Gasteiger partial charge in [-0.1, -0.05) is 6.08 Å². The van der Waals surface area contributed by atoms with E-state index in [4.69, 9.17) is 4.74 Å². The zero-order chi connectivity index (χ0) is 16.7. The first kappa shape index (κ1) is 15.6. The Labute approximate surface area is 142 Å². The fourth-order valence-corrected chi connectivity index (χ4v) is 4.44. The number of piperidine rings is 3. The van der Waals surface area contributed by atoms with Crippen molar-refractivity contribution in [2.75, 3.05) is 20.2 Å². The molecule has 1 aromatic carbocycles. The van der Waals surface area contributed by atoms with Gasteiger partial charge in [0.1, 0.15) is 5.75 Å². The lowest BCUT2D eigenvalue weighted by molar-refractivity contribution is -0.0444. The fourth-order valence-electron chi connectivity index (χ4n) is 4.44. The van der Waals surface area contributed by atoms with E-state index in [1.54, 1.807) is 13.3 Å². The SMILES string of the molecule is C=C[C@H]1CN2CC[C@@H]1CC2C(O)c1ccnc2ccc(OC)cc12. The highest BCUT2D eigenvalue weighted by atomic mass is 16.5. The van der Waals surface area contributed by atoms with Crippen LogP contribution in [0.15, 0.2) is 43.1 Å². The minimum atomic E-state index is -0.504. The highest BCUT2D eigenvalue weighted by molar-refractivity contribution is 5.83. The molecule has 5 atom stereocenters. The van der Waals surface area contributed by atoms with E-state index >= 15 is 0 Å². The van der Waals surface area contributed by atoms with Crippen LogP contribution in [0.25, 0.3) is 10.9 Å². The molecule has 3 aliphatic heterocycles. The topological polar surface area (TPSA) is 45.6 Å². The smallest absolute Gasteiger partial charge is 0.119 e. The minimum Gasteiger partial charge on any atom is -0.497 e. The molecule has 0 amide bonds. The standard InChI is InChI=1S/C20H24N2O2/c1-3-13-12-22-9-7-14(13)10-19(22)20(23)16-6-8-21-18-5-4-15(24-2)11-17(16)18/h3-6,8,11,13-14,19-20,23H,1,7,9-10,12H2,2H3/t13-,14+,19?,20?/m0/s1. The maximum atomic E-state index is 11.2. The van der Waals surface area contributed by atoms with Crippen molar-refractivity contribution in [3.63, 3.8) is 0 Å². The van der Waals surface area contributed by atoms with Gasteiger partial charge in [-0.3, -0.25) is 9.88 Å². The Morgan fingerprint density at radius 3 is 3.00 bits per heavy atom. The van der Waals surface area contributed by atoms with E-state index < -0.39 is 6.10 Å². The van der Waals surface area contributed by atoms with Crippen molar-refractivity contribution >= 4 is 10.9 Å². The van der Waals surface area contributed by atoms with E-state index in [0.717, 1.165) is 41.7 Å². The van der Waals surface area contributed by atoms with Crippen molar-refractivity contribution in [2.45, 2.75) is 25.0 Å². The molecule has 3 aliphatic rings. The minimum absolute atomic E-state index is 0.178. The first-order chi connectivity index (χ1) is 11.7. The van der Waals surface area contributed by atoms with Crippen LogP contribution in [0.3, 0.4) is 0 Å². The van der Waals surface area contributed by atoms with Crippen LogP contribution in [0.2, 0.25) is 0 Å². The molecular weight excluding hydrogens is 300 g/mol. The molecule has 2 bridgehead atoms. The number of methoxy groups -OCH3 is 1. The van der Waals surface area contributed by atoms with Crippen molar-refractivity contribution in [3.05, 3.63) is 48.7 Å². The van der Waals surface area contributed by atoms with E-state index in [9.17, 15) is 5.11 Å².